The van der Waals surface area contributed by atoms with Crippen molar-refractivity contribution in [3.63, 3.8) is 0 Å². The molecule has 4 atom stereocenters. The number of hydrogen-bond acceptors (Lipinski definition) is 7. The molecule has 1 N–H and O–H groups in total. The second kappa shape index (κ2) is 8.67. The highest BCUT2D eigenvalue weighted by Gasteiger charge is 2.46. The van der Waals surface area contributed by atoms with E-state index in [0.29, 0.717) is 12.5 Å². The summed E-state index contributed by atoms with van der Waals surface area (Å²) in [5.41, 5.74) is 2.50. The molecule has 0 spiro atoms. The smallest absolute Gasteiger partial charge is 0.231 e. The average Bonchev–Trinajstić information content (AvgIpc) is 3.21. The van der Waals surface area contributed by atoms with E-state index in [1.165, 1.54) is 11.1 Å². The normalized spacial score (nSPS) is 28.6. The van der Waals surface area contributed by atoms with Crippen LogP contribution >= 0.6 is 0 Å². The van der Waals surface area contributed by atoms with Crippen LogP contribution in [-0.2, 0) is 26.5 Å². The van der Waals surface area contributed by atoms with Gasteiger partial charge >= 0.3 is 0 Å². The van der Waals surface area contributed by atoms with Gasteiger partial charge in [0.05, 0.1) is 12.0 Å². The molecule has 0 aliphatic carbocycles. The van der Waals surface area contributed by atoms with Gasteiger partial charge in [-0.05, 0) is 60.8 Å². The highest BCUT2D eigenvalue weighted by atomic mass is 32.2. The Morgan fingerprint density at radius 3 is 2.67 bits per heavy atom. The van der Waals surface area contributed by atoms with Crippen molar-refractivity contribution in [2.45, 2.75) is 44.7 Å². The van der Waals surface area contributed by atoms with E-state index in [0.717, 1.165) is 56.5 Å². The molecule has 4 aliphatic rings. The summed E-state index contributed by atoms with van der Waals surface area (Å²) in [6.45, 7) is 4.56. The van der Waals surface area contributed by atoms with Crippen LogP contribution in [0.15, 0.2) is 12.1 Å². The zero-order chi connectivity index (χ0) is 23.4. The fourth-order valence-corrected chi connectivity index (χ4v) is 8.64. The number of piperidine rings is 2. The number of fused-ring (bicyclic) bond motifs is 5. The van der Waals surface area contributed by atoms with Crippen molar-refractivity contribution in [3.8, 4) is 11.5 Å². The predicted molar refractivity (Wildman–Crippen MR) is 124 cm³/mol. The van der Waals surface area contributed by atoms with Crippen molar-refractivity contribution in [2.24, 2.45) is 11.8 Å². The lowest BCUT2D eigenvalue weighted by atomic mass is 9.77. The second-order valence-corrected chi connectivity index (χ2v) is 13.8. The van der Waals surface area contributed by atoms with E-state index in [4.69, 9.17) is 9.47 Å². The standard InChI is InChI=1S/C22H33N3O6S2/c1-15(11-23-32(2,26)27)13-33(28,29)25-6-3-4-17-12-24-7-5-16-8-21-22(31-14-30-21)9-18(16)20(24)10-19(17)25/h8-9,15,17,19-20,23H,3-7,10-14H2,1-2H3/t15?,17-,19+,20+/m1/s1. The number of nitrogens with zero attached hydrogens (tertiary/aromatic N) is 2. The van der Waals surface area contributed by atoms with Crippen molar-refractivity contribution in [2.75, 3.05) is 45.0 Å². The van der Waals surface area contributed by atoms with E-state index in [9.17, 15) is 16.8 Å². The third-order valence-corrected chi connectivity index (χ3v) is 10.3. The third kappa shape index (κ3) is 4.75. The van der Waals surface area contributed by atoms with Gasteiger partial charge in [-0.15, -0.1) is 0 Å². The van der Waals surface area contributed by atoms with Gasteiger partial charge in [0.25, 0.3) is 0 Å². The quantitative estimate of drug-likeness (QED) is 0.629. The summed E-state index contributed by atoms with van der Waals surface area (Å²) in [6.07, 6.45) is 4.73. The molecule has 2 fully saturated rings. The zero-order valence-corrected chi connectivity index (χ0v) is 20.8. The number of hydrogen-bond donors (Lipinski definition) is 1. The summed E-state index contributed by atoms with van der Waals surface area (Å²) in [5.74, 6) is 1.54. The van der Waals surface area contributed by atoms with Crippen molar-refractivity contribution in [3.05, 3.63) is 23.3 Å². The maximum Gasteiger partial charge on any atom is 0.231 e. The van der Waals surface area contributed by atoms with Crippen LogP contribution in [0.25, 0.3) is 0 Å². The molecule has 5 rings (SSSR count). The first-order chi connectivity index (χ1) is 15.6. The first kappa shape index (κ1) is 23.3. The first-order valence-electron chi connectivity index (χ1n) is 11.7. The first-order valence-corrected chi connectivity index (χ1v) is 15.2. The van der Waals surface area contributed by atoms with Crippen LogP contribution < -0.4 is 14.2 Å². The molecule has 0 bridgehead atoms. The fourth-order valence-electron chi connectivity index (χ4n) is 5.95. The van der Waals surface area contributed by atoms with Crippen molar-refractivity contribution < 1.29 is 26.3 Å². The third-order valence-electron chi connectivity index (χ3n) is 7.45. The molecule has 0 radical (unpaired) electrons. The molecule has 1 unspecified atom stereocenters. The van der Waals surface area contributed by atoms with Crippen LogP contribution in [-0.4, -0.2) is 77.1 Å². The Bertz CT molecular complexity index is 1120. The molecule has 4 aliphatic heterocycles. The van der Waals surface area contributed by atoms with E-state index < -0.39 is 20.0 Å². The number of sulfonamides is 2. The van der Waals surface area contributed by atoms with Gasteiger partial charge in [-0.2, -0.15) is 4.31 Å². The van der Waals surface area contributed by atoms with Gasteiger partial charge < -0.3 is 9.47 Å². The molecular weight excluding hydrogens is 466 g/mol. The number of ether oxygens (including phenoxy) is 2. The van der Waals surface area contributed by atoms with Crippen molar-refractivity contribution >= 4 is 20.0 Å². The Kier molecular flexibility index (Phi) is 6.14. The van der Waals surface area contributed by atoms with E-state index >= 15 is 0 Å². The Labute approximate surface area is 196 Å². The second-order valence-electron chi connectivity index (χ2n) is 9.99. The highest BCUT2D eigenvalue weighted by molar-refractivity contribution is 7.89. The van der Waals surface area contributed by atoms with E-state index in [-0.39, 0.29) is 37.1 Å². The lowest BCUT2D eigenvalue weighted by Gasteiger charge is -2.51. The topological polar surface area (TPSA) is 105 Å². The summed E-state index contributed by atoms with van der Waals surface area (Å²) < 4.78 is 65.0. The van der Waals surface area contributed by atoms with Crippen LogP contribution in [0.3, 0.4) is 0 Å². The maximum atomic E-state index is 13.4. The van der Waals surface area contributed by atoms with Crippen LogP contribution in [0.1, 0.15) is 43.4 Å². The Morgan fingerprint density at radius 1 is 1.15 bits per heavy atom. The molecule has 9 nitrogen and oxygen atoms in total. The summed E-state index contributed by atoms with van der Waals surface area (Å²) in [5, 5.41) is 0. The SMILES string of the molecule is CC(CNS(C)(=O)=O)CS(=O)(=O)N1CCC[C@@H]2CN3CCc4cc5c(cc4[C@@H]3C[C@@H]21)OCO5. The average molecular weight is 500 g/mol. The molecule has 4 heterocycles. The monoisotopic (exact) mass is 499 g/mol. The number of benzene rings is 1. The molecule has 11 heteroatoms. The minimum atomic E-state index is -3.51. The van der Waals surface area contributed by atoms with Crippen LogP contribution in [0.2, 0.25) is 0 Å². The molecule has 33 heavy (non-hydrogen) atoms. The summed E-state index contributed by atoms with van der Waals surface area (Å²) in [4.78, 5) is 2.51. The predicted octanol–water partition coefficient (Wildman–Crippen LogP) is 1.31. The summed E-state index contributed by atoms with van der Waals surface area (Å²) in [6, 6.07) is 4.32. The van der Waals surface area contributed by atoms with Crippen molar-refractivity contribution in [1.82, 2.24) is 13.9 Å². The van der Waals surface area contributed by atoms with Gasteiger partial charge in [0.15, 0.2) is 11.5 Å². The number of rotatable bonds is 6. The largest absolute Gasteiger partial charge is 0.454 e. The van der Waals surface area contributed by atoms with E-state index in [1.54, 1.807) is 11.2 Å². The Morgan fingerprint density at radius 2 is 1.91 bits per heavy atom. The van der Waals surface area contributed by atoms with Gasteiger partial charge in [-0.1, -0.05) is 6.92 Å². The molecular formula is C22H33N3O6S2. The molecule has 0 saturated carbocycles. The Hall–Kier alpha value is -1.40. The molecule has 2 saturated heterocycles. The zero-order valence-electron chi connectivity index (χ0n) is 19.2. The van der Waals surface area contributed by atoms with Gasteiger partial charge in [0.2, 0.25) is 26.8 Å². The van der Waals surface area contributed by atoms with Gasteiger partial charge in [-0.25, -0.2) is 21.6 Å². The molecule has 0 amide bonds. The summed E-state index contributed by atoms with van der Waals surface area (Å²) >= 11 is 0. The minimum Gasteiger partial charge on any atom is -0.454 e. The van der Waals surface area contributed by atoms with E-state index in [1.807, 2.05) is 0 Å². The minimum absolute atomic E-state index is 0.0311. The lowest BCUT2D eigenvalue weighted by Crippen LogP contribution is -2.58. The van der Waals surface area contributed by atoms with Gasteiger partial charge in [0.1, 0.15) is 0 Å². The van der Waals surface area contributed by atoms with Gasteiger partial charge in [0, 0.05) is 38.3 Å². The lowest BCUT2D eigenvalue weighted by molar-refractivity contribution is 0.0218. The molecule has 1 aromatic carbocycles. The van der Waals surface area contributed by atoms with Gasteiger partial charge in [-0.3, -0.25) is 4.90 Å². The number of nitrogens with one attached hydrogen (secondary N) is 1. The highest BCUT2D eigenvalue weighted by Crippen LogP contribution is 2.46. The molecule has 1 aromatic rings. The Balaban J connectivity index is 1.36. The molecule has 0 aromatic heterocycles. The van der Waals surface area contributed by atoms with Crippen LogP contribution in [0.5, 0.6) is 11.5 Å². The fraction of sp³-hybridized carbons (Fsp3) is 0.727. The maximum absolute atomic E-state index is 13.4. The molecule has 184 valence electrons. The van der Waals surface area contributed by atoms with Crippen LogP contribution in [0, 0.1) is 11.8 Å². The van der Waals surface area contributed by atoms with Crippen molar-refractivity contribution in [1.29, 1.82) is 0 Å². The van der Waals surface area contributed by atoms with E-state index in [2.05, 4.69) is 21.8 Å². The van der Waals surface area contributed by atoms with Crippen LogP contribution in [0.4, 0.5) is 0 Å². The summed E-state index contributed by atoms with van der Waals surface area (Å²) in [7, 11) is -6.86.